The normalized spacial score (nSPS) is 27.8. The van der Waals surface area contributed by atoms with Gasteiger partial charge >= 0.3 is 7.82 Å². The predicted octanol–water partition coefficient (Wildman–Crippen LogP) is 5.08. The number of aliphatic hydroxyl groups is 5. The Balaban J connectivity index is 1.76. The highest BCUT2D eigenvalue weighted by Crippen LogP contribution is 2.59. The predicted molar refractivity (Wildman–Crippen MR) is 267 cm³/mol. The third-order valence-corrected chi connectivity index (χ3v) is 14.7. The molecule has 0 aromatic carbocycles. The molecule has 0 aliphatic carbocycles. The number of nitrogens with one attached hydrogen (secondary N) is 1. The Morgan fingerprint density at radius 3 is 2.31 bits per heavy atom. The summed E-state index contributed by atoms with van der Waals surface area (Å²) in [6.45, 7) is 18.2. The fraction of sp³-hybridized carbons (Fsp3) is 0.706. The number of oxazole rings is 1. The molecule has 2 aliphatic heterocycles. The number of allylic oxidation sites excluding steroid dienone is 7. The van der Waals surface area contributed by atoms with Gasteiger partial charge in [-0.05, 0) is 71.9 Å². The van der Waals surface area contributed by atoms with Crippen LogP contribution in [0.2, 0.25) is 0 Å². The number of methoxy groups -OCH3 is 2. The Bertz CT molecular complexity index is 2110. The first-order chi connectivity index (χ1) is 33.0. The first-order valence-corrected chi connectivity index (χ1v) is 25.8. The van der Waals surface area contributed by atoms with Gasteiger partial charge in [-0.2, -0.15) is 5.26 Å². The lowest BCUT2D eigenvalue weighted by Crippen LogP contribution is -2.58. The number of hydrogen-bond acceptors (Lipinski definition) is 16. The summed E-state index contributed by atoms with van der Waals surface area (Å²) in [4.78, 5) is 39.5. The minimum atomic E-state index is -5.16. The van der Waals surface area contributed by atoms with Crippen molar-refractivity contribution in [2.24, 2.45) is 23.2 Å². The number of carbonyl (C=O) groups excluding carboxylic acids is 1. The molecule has 0 bridgehead atoms. The van der Waals surface area contributed by atoms with E-state index in [1.807, 2.05) is 78.0 Å². The van der Waals surface area contributed by atoms with Crippen LogP contribution in [0, 0.1) is 34.5 Å². The van der Waals surface area contributed by atoms with Crippen LogP contribution >= 0.6 is 7.82 Å². The van der Waals surface area contributed by atoms with Gasteiger partial charge in [0, 0.05) is 68.3 Å². The van der Waals surface area contributed by atoms with Crippen LogP contribution in [-0.2, 0) is 32.8 Å². The van der Waals surface area contributed by atoms with E-state index in [1.54, 1.807) is 52.8 Å². The maximum atomic E-state index is 12.8. The largest absolute Gasteiger partial charge is 0.469 e. The Morgan fingerprint density at radius 2 is 1.72 bits per heavy atom. The van der Waals surface area contributed by atoms with Crippen molar-refractivity contribution in [1.82, 2.24) is 15.2 Å². The number of aromatic nitrogens is 1. The highest BCUT2D eigenvalue weighted by molar-refractivity contribution is 7.46. The van der Waals surface area contributed by atoms with Crippen molar-refractivity contribution in [3.63, 3.8) is 0 Å². The van der Waals surface area contributed by atoms with Crippen LogP contribution in [0.5, 0.6) is 0 Å². The molecule has 0 radical (unpaired) electrons. The molecule has 19 nitrogen and oxygen atoms in total. The van der Waals surface area contributed by atoms with Crippen molar-refractivity contribution in [3.05, 3.63) is 71.0 Å². The second-order valence-corrected chi connectivity index (χ2v) is 21.6. The van der Waals surface area contributed by atoms with Gasteiger partial charge in [0.25, 0.3) is 5.91 Å². The Morgan fingerprint density at radius 1 is 1.06 bits per heavy atom. The monoisotopic (exact) mass is 1020 g/mol. The summed E-state index contributed by atoms with van der Waals surface area (Å²) >= 11 is 0. The van der Waals surface area contributed by atoms with Crippen LogP contribution in [0.15, 0.2) is 63.9 Å². The van der Waals surface area contributed by atoms with E-state index in [1.165, 1.54) is 26.6 Å². The van der Waals surface area contributed by atoms with Gasteiger partial charge in [0.1, 0.15) is 30.3 Å². The van der Waals surface area contributed by atoms with E-state index in [9.17, 15) is 44.7 Å². The van der Waals surface area contributed by atoms with Gasteiger partial charge < -0.3 is 68.9 Å². The van der Waals surface area contributed by atoms with E-state index >= 15 is 0 Å². The molecule has 1 spiro atoms. The van der Waals surface area contributed by atoms with Gasteiger partial charge in [-0.15, -0.1) is 0 Å². The Kier molecular flexibility index (Phi) is 23.7. The van der Waals surface area contributed by atoms with E-state index in [2.05, 4.69) is 10.3 Å². The topological polar surface area (TPSA) is 287 Å². The first-order valence-electron chi connectivity index (χ1n) is 24.2. The number of ether oxygens (including phenoxy) is 4. The van der Waals surface area contributed by atoms with Gasteiger partial charge in [-0.3, -0.25) is 9.32 Å². The molecule has 1 aromatic heterocycles. The lowest BCUT2D eigenvalue weighted by molar-refractivity contribution is -0.334. The van der Waals surface area contributed by atoms with Crippen LogP contribution in [0.4, 0.5) is 0 Å². The number of hydrogen-bond donors (Lipinski definition) is 8. The Labute approximate surface area is 420 Å². The summed E-state index contributed by atoms with van der Waals surface area (Å²) in [7, 11) is 1.13. The zero-order chi connectivity index (χ0) is 53.8. The van der Waals surface area contributed by atoms with Gasteiger partial charge in [-0.1, -0.05) is 77.5 Å². The van der Waals surface area contributed by atoms with Crippen LogP contribution in [0.25, 0.3) is 6.08 Å². The molecule has 16 atom stereocenters. The van der Waals surface area contributed by atoms with Crippen molar-refractivity contribution in [1.29, 1.82) is 5.26 Å². The molecule has 0 saturated carbocycles. The third kappa shape index (κ3) is 16.8. The first kappa shape index (κ1) is 61.9. The number of aliphatic hydroxyl groups excluding tert-OH is 5. The second kappa shape index (κ2) is 27.2. The van der Waals surface area contributed by atoms with Gasteiger partial charge in [0.2, 0.25) is 0 Å². The smallest absolute Gasteiger partial charge is 0.448 e. The molecular weight excluding hydrogens is 940 g/mol. The highest BCUT2D eigenvalue weighted by atomic mass is 31.2. The highest BCUT2D eigenvalue weighted by Gasteiger charge is 2.68. The second-order valence-electron chi connectivity index (χ2n) is 20.4. The third-order valence-electron chi connectivity index (χ3n) is 14.2. The maximum Gasteiger partial charge on any atom is 0.469 e. The van der Waals surface area contributed by atoms with E-state index in [4.69, 9.17) is 33.2 Å². The summed E-state index contributed by atoms with van der Waals surface area (Å²) < 4.78 is 48.3. The van der Waals surface area contributed by atoms with Crippen molar-refractivity contribution < 1.29 is 72.6 Å². The van der Waals surface area contributed by atoms with Crippen LogP contribution in [0.3, 0.4) is 0 Å². The summed E-state index contributed by atoms with van der Waals surface area (Å²) in [5.41, 5.74) is 1.87. The molecule has 2 fully saturated rings. The van der Waals surface area contributed by atoms with Gasteiger partial charge in [0.15, 0.2) is 17.8 Å². The molecule has 1 amide bonds. The molecule has 2 aliphatic rings. The average Bonchev–Trinajstić information content (AvgIpc) is 3.84. The fourth-order valence-electron chi connectivity index (χ4n) is 9.34. The summed E-state index contributed by atoms with van der Waals surface area (Å²) in [6, 6.07) is 0.980. The van der Waals surface area contributed by atoms with Gasteiger partial charge in [0.05, 0.1) is 49.2 Å². The molecule has 3 rings (SSSR count). The Hall–Kier alpha value is -3.42. The van der Waals surface area contributed by atoms with Crippen molar-refractivity contribution in [2.75, 3.05) is 34.9 Å². The summed E-state index contributed by atoms with van der Waals surface area (Å²) in [6.07, 6.45) is 4.05. The SMILES string of the molecule is COC[C@H]([C@@H](O)[C@@H](O)C(=O)N[C@@H](C)C[C@@H](C)c1nc(/C=C/C[C@H]2O[C@]3(C[C@H](O)[C@H]2C)O[C@@H]([C@@H](C[C@@H](O)[C@@H](C)[C@@H](O)[C@@H](C)/C=C(C)/C(C)=C/C=C/C(C)=C\C#N)OC)[C@@H](OP(=O)(O)O)C3(C)C)co1)N(C)C. The lowest BCUT2D eigenvalue weighted by Gasteiger charge is -2.50. The zero-order valence-corrected chi connectivity index (χ0v) is 44.9. The minimum absolute atomic E-state index is 0.0661. The van der Waals surface area contributed by atoms with E-state index in [0.717, 1.165) is 16.7 Å². The van der Waals surface area contributed by atoms with E-state index in [0.29, 0.717) is 18.0 Å². The molecule has 71 heavy (non-hydrogen) atoms. The van der Waals surface area contributed by atoms with Crippen molar-refractivity contribution in [2.45, 2.75) is 174 Å². The number of nitrogens with zero attached hydrogens (tertiary/aromatic N) is 3. The number of phosphoric ester groups is 1. The molecule has 20 heteroatoms. The molecule has 0 unspecified atom stereocenters. The molecule has 8 N–H and O–H groups in total. The molecular formula is C51H83N4O15P. The molecule has 402 valence electrons. The number of carbonyl (C=O) groups is 1. The lowest BCUT2D eigenvalue weighted by atomic mass is 9.72. The van der Waals surface area contributed by atoms with Crippen LogP contribution in [0.1, 0.15) is 112 Å². The number of rotatable bonds is 26. The molecule has 3 heterocycles. The zero-order valence-electron chi connectivity index (χ0n) is 44.0. The van der Waals surface area contributed by atoms with E-state index < -0.39 is 104 Å². The average molecular weight is 1020 g/mol. The molecule has 1 aromatic rings. The van der Waals surface area contributed by atoms with E-state index in [-0.39, 0.29) is 37.7 Å². The van der Waals surface area contributed by atoms with Gasteiger partial charge in [-0.25, -0.2) is 9.55 Å². The van der Waals surface area contributed by atoms with Crippen LogP contribution in [-0.4, -0.2) is 159 Å². The summed E-state index contributed by atoms with van der Waals surface area (Å²) in [5, 5.41) is 67.4. The number of amides is 1. The number of nitriles is 1. The number of likely N-dealkylation sites (N-methyl/N-ethyl adjacent to an activating group) is 1. The van der Waals surface area contributed by atoms with Crippen molar-refractivity contribution >= 4 is 19.8 Å². The molecule has 2 saturated heterocycles. The maximum absolute atomic E-state index is 12.8. The standard InChI is InChI=1S/C51H83N4O15P/c1-29(21-22-52)17-15-18-30(2)31(3)23-32(4)43(58)36(8)39(56)25-42(66-14)46-47(70-71(62,63)64)50(9,10)51(69-46)26-40(57)35(7)41(68-51)20-16-19-37-27-67-49(54-37)33(5)24-34(6)53-48(61)45(60)44(59)38(28-65-13)55(11)12/h15-19,21,23,27,32-36,38-47,56-60H,20,24-26,28H2,1-14H3,(H,53,61)(H2,62,63,64)/b17-15+,19-16+,29-21-,30-18+,31-23+/t32-,33+,34-,35+,36+,38+,39+,40-,41+,42+,43-,44+,45+,46-,47+,51+/m0/s1. The quantitative estimate of drug-likeness (QED) is 0.0341. The fourth-order valence-corrected chi connectivity index (χ4v) is 10.0. The minimum Gasteiger partial charge on any atom is -0.448 e. The summed E-state index contributed by atoms with van der Waals surface area (Å²) in [5.74, 6) is -3.67. The van der Waals surface area contributed by atoms with Crippen LogP contribution < -0.4 is 5.32 Å². The van der Waals surface area contributed by atoms with Crippen molar-refractivity contribution in [3.8, 4) is 6.07 Å². The number of phosphoric acid groups is 1.